The van der Waals surface area contributed by atoms with Gasteiger partial charge in [0.25, 0.3) is 0 Å². The summed E-state index contributed by atoms with van der Waals surface area (Å²) in [5.41, 5.74) is 6.78. The van der Waals surface area contributed by atoms with Crippen LogP contribution in [-0.4, -0.2) is 38.3 Å². The Morgan fingerprint density at radius 3 is 2.75 bits per heavy atom. The van der Waals surface area contributed by atoms with Gasteiger partial charge in [0.05, 0.1) is 12.8 Å². The lowest BCUT2D eigenvalue weighted by molar-refractivity contribution is 0.130. The molecule has 10 heteroatoms. The molecule has 2 heterocycles. The average Bonchev–Trinajstić information content (AvgIpc) is 2.95. The summed E-state index contributed by atoms with van der Waals surface area (Å²) in [7, 11) is 1.51. The molecule has 1 aromatic carbocycles. The molecule has 3 aromatic rings. The second-order valence-corrected chi connectivity index (χ2v) is 7.17. The van der Waals surface area contributed by atoms with Crippen LogP contribution in [-0.2, 0) is 11.3 Å². The number of imidazole rings is 1. The summed E-state index contributed by atoms with van der Waals surface area (Å²) in [4.78, 5) is 35.0. The number of carbonyl (C=O) groups excluding carboxylic acids is 1. The second-order valence-electron chi connectivity index (χ2n) is 7.17. The fourth-order valence-corrected chi connectivity index (χ4v) is 2.68. The number of alkyl carbamates (subject to hydrolysis) is 1. The summed E-state index contributed by atoms with van der Waals surface area (Å²) in [6, 6.07) is 5.08. The van der Waals surface area contributed by atoms with Gasteiger partial charge in [0, 0.05) is 11.1 Å². The van der Waals surface area contributed by atoms with E-state index in [9.17, 15) is 9.59 Å². The van der Waals surface area contributed by atoms with Gasteiger partial charge in [0.1, 0.15) is 24.2 Å². The maximum Gasteiger partial charge on any atom is 0.407 e. The molecule has 0 saturated heterocycles. The Morgan fingerprint density at radius 2 is 2.07 bits per heavy atom. The van der Waals surface area contributed by atoms with Gasteiger partial charge < -0.3 is 25.5 Å². The topological polar surface area (TPSA) is 137 Å². The normalized spacial score (nSPS) is 11.4. The first kappa shape index (κ1) is 19.2. The van der Waals surface area contributed by atoms with E-state index in [-0.39, 0.29) is 12.4 Å². The van der Waals surface area contributed by atoms with Crippen LogP contribution in [0.1, 0.15) is 26.3 Å². The molecule has 0 aliphatic carbocycles. The largest absolute Gasteiger partial charge is 0.496 e. The molecule has 148 valence electrons. The molecule has 0 unspecified atom stereocenters. The maximum absolute atomic E-state index is 12.4. The van der Waals surface area contributed by atoms with E-state index in [4.69, 9.17) is 15.2 Å². The van der Waals surface area contributed by atoms with Gasteiger partial charge in [-0.3, -0.25) is 0 Å². The molecular formula is C18H22N6O4. The maximum atomic E-state index is 12.4. The molecule has 1 amide bonds. The fourth-order valence-electron chi connectivity index (χ4n) is 2.68. The van der Waals surface area contributed by atoms with Gasteiger partial charge in [-0.2, -0.15) is 0 Å². The molecule has 10 nitrogen and oxygen atoms in total. The first-order valence-corrected chi connectivity index (χ1v) is 8.53. The molecule has 0 bridgehead atoms. The Bertz CT molecular complexity index is 1080. The Labute approximate surface area is 160 Å². The lowest BCUT2D eigenvalue weighted by Gasteiger charge is -2.20. The van der Waals surface area contributed by atoms with E-state index in [0.717, 1.165) is 0 Å². The van der Waals surface area contributed by atoms with Crippen LogP contribution in [0.4, 0.5) is 10.6 Å². The van der Waals surface area contributed by atoms with Crippen LogP contribution in [0.5, 0.6) is 5.75 Å². The molecule has 3 rings (SSSR count). The number of aromatic nitrogens is 4. The van der Waals surface area contributed by atoms with Crippen molar-refractivity contribution in [2.75, 3.05) is 12.8 Å². The standard InChI is InChI=1S/C18H22N6O4/c1-18(2,3)23-17(26)28-8-10-7-11(5-6-12(10)27-4)24-15-13(22-16(24)25)14(19)20-9-21-15/h5-7,9H,8H2,1-4H3,(H,22,25)(H,23,26)(H2,19,20,21). The molecule has 0 fully saturated rings. The smallest absolute Gasteiger partial charge is 0.407 e. The van der Waals surface area contributed by atoms with Crippen molar-refractivity contribution in [2.24, 2.45) is 0 Å². The summed E-state index contributed by atoms with van der Waals surface area (Å²) in [6.07, 6.45) is 0.732. The fraction of sp³-hybridized carbons (Fsp3) is 0.333. The Balaban J connectivity index is 1.96. The molecule has 0 radical (unpaired) electrons. The van der Waals surface area contributed by atoms with Crippen molar-refractivity contribution in [3.63, 3.8) is 0 Å². The van der Waals surface area contributed by atoms with E-state index in [1.165, 1.54) is 18.0 Å². The van der Waals surface area contributed by atoms with Crippen molar-refractivity contribution in [1.29, 1.82) is 0 Å². The Hall–Kier alpha value is -3.56. The van der Waals surface area contributed by atoms with Crippen LogP contribution >= 0.6 is 0 Å². The quantitative estimate of drug-likeness (QED) is 0.621. The molecule has 0 aliphatic heterocycles. The van der Waals surface area contributed by atoms with Crippen LogP contribution < -0.4 is 21.5 Å². The van der Waals surface area contributed by atoms with E-state index in [1.54, 1.807) is 18.2 Å². The summed E-state index contributed by atoms with van der Waals surface area (Å²) in [5.74, 6) is 0.700. The molecule has 4 N–H and O–H groups in total. The number of carbonyl (C=O) groups is 1. The minimum atomic E-state index is -0.551. The lowest BCUT2D eigenvalue weighted by Crippen LogP contribution is -2.40. The zero-order chi connectivity index (χ0) is 20.5. The summed E-state index contributed by atoms with van der Waals surface area (Å²) in [6.45, 7) is 5.53. The number of hydrogen-bond donors (Lipinski definition) is 3. The molecule has 0 atom stereocenters. The second kappa shape index (κ2) is 7.22. The number of nitrogens with two attached hydrogens (primary N) is 1. The van der Waals surface area contributed by atoms with Crippen LogP contribution in [0.15, 0.2) is 29.3 Å². The average molecular weight is 386 g/mol. The van der Waals surface area contributed by atoms with Crippen molar-refractivity contribution in [3.05, 3.63) is 40.6 Å². The number of H-pyrrole nitrogens is 1. The van der Waals surface area contributed by atoms with E-state index in [2.05, 4.69) is 20.3 Å². The molecule has 0 saturated carbocycles. The first-order valence-electron chi connectivity index (χ1n) is 8.53. The number of methoxy groups -OCH3 is 1. The predicted octanol–water partition coefficient (Wildman–Crippen LogP) is 1.72. The van der Waals surface area contributed by atoms with Gasteiger partial charge in [-0.05, 0) is 39.0 Å². The predicted molar refractivity (Wildman–Crippen MR) is 104 cm³/mol. The van der Waals surface area contributed by atoms with Gasteiger partial charge in [0.2, 0.25) is 0 Å². The number of hydrogen-bond acceptors (Lipinski definition) is 7. The highest BCUT2D eigenvalue weighted by Crippen LogP contribution is 2.24. The molecule has 0 spiro atoms. The SMILES string of the molecule is COc1ccc(-n2c(=O)[nH]c3c(N)ncnc32)cc1COC(=O)NC(C)(C)C. The number of nitrogens with one attached hydrogen (secondary N) is 2. The third-order valence-electron chi connectivity index (χ3n) is 3.86. The number of fused-ring (bicyclic) bond motifs is 1. The van der Waals surface area contributed by atoms with Gasteiger partial charge in [-0.15, -0.1) is 0 Å². The van der Waals surface area contributed by atoms with Crippen LogP contribution in [0.3, 0.4) is 0 Å². The highest BCUT2D eigenvalue weighted by atomic mass is 16.5. The third kappa shape index (κ3) is 3.90. The Morgan fingerprint density at radius 1 is 1.32 bits per heavy atom. The summed E-state index contributed by atoms with van der Waals surface area (Å²) >= 11 is 0. The molecular weight excluding hydrogens is 364 g/mol. The van der Waals surface area contributed by atoms with E-state index in [1.807, 2.05) is 20.8 Å². The van der Waals surface area contributed by atoms with Crippen molar-refractivity contribution < 1.29 is 14.3 Å². The number of nitrogen functional groups attached to an aromatic ring is 1. The Kier molecular flexibility index (Phi) is 4.95. The number of ether oxygens (including phenoxy) is 2. The van der Waals surface area contributed by atoms with E-state index < -0.39 is 17.3 Å². The number of amides is 1. The van der Waals surface area contributed by atoms with Crippen molar-refractivity contribution in [3.8, 4) is 11.4 Å². The number of benzene rings is 1. The van der Waals surface area contributed by atoms with Crippen molar-refractivity contribution in [2.45, 2.75) is 32.9 Å². The molecule has 0 aliphatic rings. The monoisotopic (exact) mass is 386 g/mol. The first-order chi connectivity index (χ1) is 13.2. The zero-order valence-electron chi connectivity index (χ0n) is 16.1. The molecule has 28 heavy (non-hydrogen) atoms. The lowest BCUT2D eigenvalue weighted by atomic mass is 10.1. The number of rotatable bonds is 4. The molecule has 2 aromatic heterocycles. The van der Waals surface area contributed by atoms with Crippen LogP contribution in [0.25, 0.3) is 16.9 Å². The number of anilines is 1. The van der Waals surface area contributed by atoms with E-state index in [0.29, 0.717) is 28.2 Å². The minimum absolute atomic E-state index is 0.0346. The highest BCUT2D eigenvalue weighted by molar-refractivity contribution is 5.82. The van der Waals surface area contributed by atoms with Crippen molar-refractivity contribution in [1.82, 2.24) is 24.8 Å². The van der Waals surface area contributed by atoms with Crippen LogP contribution in [0.2, 0.25) is 0 Å². The van der Waals surface area contributed by atoms with Crippen molar-refractivity contribution >= 4 is 23.1 Å². The third-order valence-corrected chi connectivity index (χ3v) is 3.86. The van der Waals surface area contributed by atoms with Gasteiger partial charge >= 0.3 is 11.8 Å². The minimum Gasteiger partial charge on any atom is -0.496 e. The zero-order valence-corrected chi connectivity index (χ0v) is 16.1. The number of nitrogens with zero attached hydrogens (tertiary/aromatic N) is 3. The highest BCUT2D eigenvalue weighted by Gasteiger charge is 2.17. The summed E-state index contributed by atoms with van der Waals surface area (Å²) < 4.78 is 12.0. The summed E-state index contributed by atoms with van der Waals surface area (Å²) in [5, 5.41) is 2.72. The van der Waals surface area contributed by atoms with Gasteiger partial charge in [0.15, 0.2) is 11.5 Å². The van der Waals surface area contributed by atoms with Gasteiger partial charge in [-0.1, -0.05) is 0 Å². The van der Waals surface area contributed by atoms with Gasteiger partial charge in [-0.25, -0.2) is 24.1 Å². The number of aromatic amines is 1. The van der Waals surface area contributed by atoms with Crippen LogP contribution in [0, 0.1) is 0 Å². The van der Waals surface area contributed by atoms with E-state index >= 15 is 0 Å².